The molecule has 0 bridgehead atoms. The predicted octanol–water partition coefficient (Wildman–Crippen LogP) is 4.65. The lowest BCUT2D eigenvalue weighted by atomic mass is 10.2. The van der Waals surface area contributed by atoms with Crippen molar-refractivity contribution in [1.29, 1.82) is 0 Å². The van der Waals surface area contributed by atoms with E-state index < -0.39 is 23.7 Å². The number of methoxy groups -OCH3 is 1. The molecular formula is C23H26F3N5O4. The van der Waals surface area contributed by atoms with Gasteiger partial charge in [0, 0.05) is 18.2 Å². The van der Waals surface area contributed by atoms with Crippen LogP contribution in [0.2, 0.25) is 0 Å². The fraction of sp³-hybridized carbons (Fsp3) is 0.391. The van der Waals surface area contributed by atoms with Crippen molar-refractivity contribution in [3.05, 3.63) is 48.4 Å². The summed E-state index contributed by atoms with van der Waals surface area (Å²) in [5.41, 5.74) is 0.126. The minimum absolute atomic E-state index is 0.00241. The van der Waals surface area contributed by atoms with Gasteiger partial charge >= 0.3 is 12.3 Å². The highest BCUT2D eigenvalue weighted by molar-refractivity contribution is 5.67. The molecule has 12 heteroatoms. The fourth-order valence-electron chi connectivity index (χ4n) is 2.88. The lowest BCUT2D eigenvalue weighted by Crippen LogP contribution is -2.33. The number of nitrogens with zero attached hydrogens (tertiary/aromatic N) is 4. The summed E-state index contributed by atoms with van der Waals surface area (Å²) in [6, 6.07) is 9.47. The number of alkyl halides is 3. The van der Waals surface area contributed by atoms with Crippen molar-refractivity contribution in [2.45, 2.75) is 39.0 Å². The van der Waals surface area contributed by atoms with Gasteiger partial charge in [-0.1, -0.05) is 0 Å². The van der Waals surface area contributed by atoms with E-state index in [9.17, 15) is 18.0 Å². The molecule has 0 radical (unpaired) electrons. The van der Waals surface area contributed by atoms with Crippen molar-refractivity contribution >= 4 is 6.09 Å². The second-order valence-corrected chi connectivity index (χ2v) is 8.38. The van der Waals surface area contributed by atoms with Crippen molar-refractivity contribution in [2.75, 3.05) is 20.3 Å². The van der Waals surface area contributed by atoms with Crippen molar-refractivity contribution in [1.82, 2.24) is 25.1 Å². The first-order valence-corrected chi connectivity index (χ1v) is 10.7. The topological polar surface area (TPSA) is 100 Å². The number of carbonyl (C=O) groups excluding carboxylic acids is 1. The minimum Gasteiger partial charge on any atom is -0.494 e. The van der Waals surface area contributed by atoms with Gasteiger partial charge < -0.3 is 19.5 Å². The Morgan fingerprint density at radius 2 is 1.80 bits per heavy atom. The number of benzene rings is 1. The van der Waals surface area contributed by atoms with Gasteiger partial charge in [0.15, 0.2) is 5.82 Å². The fourth-order valence-corrected chi connectivity index (χ4v) is 2.88. The molecule has 1 aromatic carbocycles. The molecule has 9 nitrogen and oxygen atoms in total. The first kappa shape index (κ1) is 25.8. The van der Waals surface area contributed by atoms with Gasteiger partial charge in [0.25, 0.3) is 5.82 Å². The predicted molar refractivity (Wildman–Crippen MR) is 120 cm³/mol. The molecule has 2 aromatic heterocycles. The van der Waals surface area contributed by atoms with E-state index in [0.29, 0.717) is 42.5 Å². The van der Waals surface area contributed by atoms with Crippen LogP contribution in [0.4, 0.5) is 18.0 Å². The molecule has 0 saturated heterocycles. The van der Waals surface area contributed by atoms with Crippen LogP contribution in [-0.4, -0.2) is 51.7 Å². The Balaban J connectivity index is 1.67. The molecule has 0 unspecified atom stereocenters. The van der Waals surface area contributed by atoms with Crippen LogP contribution in [0.1, 0.15) is 33.0 Å². The summed E-state index contributed by atoms with van der Waals surface area (Å²) in [6.07, 6.45) is -3.33. The second-order valence-electron chi connectivity index (χ2n) is 8.38. The molecule has 0 aliphatic rings. The monoisotopic (exact) mass is 493 g/mol. The van der Waals surface area contributed by atoms with Crippen LogP contribution < -0.4 is 14.8 Å². The second kappa shape index (κ2) is 10.6. The summed E-state index contributed by atoms with van der Waals surface area (Å²) in [7, 11) is 1.44. The number of alkyl carbamates (subject to hydrolysis) is 1. The molecular weight excluding hydrogens is 467 g/mol. The molecule has 1 N–H and O–H groups in total. The van der Waals surface area contributed by atoms with E-state index in [4.69, 9.17) is 14.2 Å². The van der Waals surface area contributed by atoms with Crippen molar-refractivity contribution in [3.63, 3.8) is 0 Å². The van der Waals surface area contributed by atoms with Crippen molar-refractivity contribution in [2.24, 2.45) is 0 Å². The van der Waals surface area contributed by atoms with Crippen LogP contribution in [0.15, 0.2) is 42.6 Å². The van der Waals surface area contributed by atoms with Crippen LogP contribution in [0.3, 0.4) is 0 Å². The zero-order chi connectivity index (χ0) is 25.6. The molecule has 0 atom stereocenters. The number of ether oxygens (including phenoxy) is 3. The highest BCUT2D eigenvalue weighted by Crippen LogP contribution is 2.31. The molecule has 1 amide bonds. The molecule has 35 heavy (non-hydrogen) atoms. The summed E-state index contributed by atoms with van der Waals surface area (Å²) in [5, 5.41) is 6.27. The zero-order valence-corrected chi connectivity index (χ0v) is 19.7. The number of halogens is 3. The van der Waals surface area contributed by atoms with Crippen LogP contribution in [0, 0.1) is 0 Å². The molecule has 0 saturated carbocycles. The lowest BCUT2D eigenvalue weighted by Gasteiger charge is -2.19. The largest absolute Gasteiger partial charge is 0.494 e. The maximum absolute atomic E-state index is 13.3. The summed E-state index contributed by atoms with van der Waals surface area (Å²) in [4.78, 5) is 19.4. The first-order valence-electron chi connectivity index (χ1n) is 10.7. The summed E-state index contributed by atoms with van der Waals surface area (Å²) in [6.45, 7) is 6.02. The van der Waals surface area contributed by atoms with E-state index in [1.54, 1.807) is 45.0 Å². The molecule has 3 aromatic rings. The number of hydrogen-bond acceptors (Lipinski definition) is 7. The number of aromatic nitrogens is 4. The number of hydrogen-bond donors (Lipinski definition) is 1. The van der Waals surface area contributed by atoms with E-state index in [-0.39, 0.29) is 5.82 Å². The Bertz CT molecular complexity index is 1120. The third kappa shape index (κ3) is 7.33. The number of nitrogens with one attached hydrogen (secondary N) is 1. The van der Waals surface area contributed by atoms with Gasteiger partial charge in [-0.25, -0.2) is 19.4 Å². The van der Waals surface area contributed by atoms with Gasteiger partial charge in [-0.05, 0) is 57.5 Å². The molecule has 0 aliphatic carbocycles. The average Bonchev–Trinajstić information content (AvgIpc) is 3.24. The van der Waals surface area contributed by atoms with Gasteiger partial charge in [-0.2, -0.15) is 13.2 Å². The first-order chi connectivity index (χ1) is 16.5. The quantitative estimate of drug-likeness (QED) is 0.456. The summed E-state index contributed by atoms with van der Waals surface area (Å²) >= 11 is 0. The Morgan fingerprint density at radius 1 is 1.09 bits per heavy atom. The van der Waals surface area contributed by atoms with Gasteiger partial charge in [-0.15, -0.1) is 5.10 Å². The molecule has 2 heterocycles. The van der Waals surface area contributed by atoms with E-state index in [1.165, 1.54) is 25.4 Å². The number of carbonyl (C=O) groups is 1. The Hall–Kier alpha value is -3.83. The third-order valence-corrected chi connectivity index (χ3v) is 4.41. The Kier molecular flexibility index (Phi) is 7.82. The summed E-state index contributed by atoms with van der Waals surface area (Å²) in [5.74, 6) is -0.438. The minimum atomic E-state index is -4.71. The average molecular weight is 493 g/mol. The standard InChI is InChI=1S/C23H26F3N5O4/c1-22(2,3)35-21(32)27-12-5-13-34-17-9-6-15(7-10-17)19-29-20(23(24,25)26)30-31(19)16-8-11-18(33-4)28-14-16/h6-11,14H,5,12-13H2,1-4H3,(H,27,32). The number of amides is 1. The molecule has 0 aliphatic heterocycles. The zero-order valence-electron chi connectivity index (χ0n) is 19.7. The lowest BCUT2D eigenvalue weighted by molar-refractivity contribution is -0.144. The number of pyridine rings is 1. The number of rotatable bonds is 8. The highest BCUT2D eigenvalue weighted by Gasteiger charge is 2.37. The van der Waals surface area contributed by atoms with Crippen molar-refractivity contribution < 1.29 is 32.2 Å². The van der Waals surface area contributed by atoms with Crippen LogP contribution >= 0.6 is 0 Å². The molecule has 188 valence electrons. The molecule has 0 spiro atoms. The van der Waals surface area contributed by atoms with Gasteiger partial charge in [0.2, 0.25) is 5.88 Å². The maximum Gasteiger partial charge on any atom is 0.453 e. The van der Waals surface area contributed by atoms with E-state index in [2.05, 4.69) is 20.4 Å². The van der Waals surface area contributed by atoms with Gasteiger partial charge in [0.05, 0.1) is 25.6 Å². The van der Waals surface area contributed by atoms with Crippen LogP contribution in [0.25, 0.3) is 17.1 Å². The van der Waals surface area contributed by atoms with Gasteiger partial charge in [0.1, 0.15) is 11.4 Å². The van der Waals surface area contributed by atoms with Crippen LogP contribution in [-0.2, 0) is 10.9 Å². The van der Waals surface area contributed by atoms with E-state index >= 15 is 0 Å². The van der Waals surface area contributed by atoms with E-state index in [0.717, 1.165) is 4.68 Å². The van der Waals surface area contributed by atoms with E-state index in [1.807, 2.05) is 0 Å². The SMILES string of the molecule is COc1ccc(-n2nc(C(F)(F)F)nc2-c2ccc(OCCCNC(=O)OC(C)(C)C)cc2)cn1. The third-order valence-electron chi connectivity index (χ3n) is 4.41. The smallest absolute Gasteiger partial charge is 0.453 e. The van der Waals surface area contributed by atoms with Gasteiger partial charge in [-0.3, -0.25) is 0 Å². The Labute approximate surface area is 200 Å². The Morgan fingerprint density at radius 3 is 2.37 bits per heavy atom. The normalized spacial score (nSPS) is 11.7. The summed E-state index contributed by atoms with van der Waals surface area (Å²) < 4.78 is 56.8. The highest BCUT2D eigenvalue weighted by atomic mass is 19.4. The maximum atomic E-state index is 13.3. The van der Waals surface area contributed by atoms with Crippen molar-refractivity contribution in [3.8, 4) is 28.7 Å². The molecule has 0 fully saturated rings. The van der Waals surface area contributed by atoms with Crippen LogP contribution in [0.5, 0.6) is 11.6 Å². The molecule has 3 rings (SSSR count).